The number of carbonyl (C=O) groups is 1. The second kappa shape index (κ2) is 9.78. The molecule has 0 heterocycles. The van der Waals surface area contributed by atoms with Gasteiger partial charge < -0.3 is 10.2 Å². The van der Waals surface area contributed by atoms with E-state index in [9.17, 15) is 13.2 Å². The Hall–Kier alpha value is -2.54. The van der Waals surface area contributed by atoms with Gasteiger partial charge in [0.15, 0.2) is 0 Å². The zero-order chi connectivity index (χ0) is 21.6. The van der Waals surface area contributed by atoms with Crippen LogP contribution in [0.2, 0.25) is 0 Å². The minimum atomic E-state index is -3.61. The lowest BCUT2D eigenvalue weighted by molar-refractivity contribution is -0.121. The Morgan fingerprint density at radius 3 is 2.28 bits per heavy atom. The zero-order valence-electron chi connectivity index (χ0n) is 17.8. The van der Waals surface area contributed by atoms with Crippen LogP contribution in [0.3, 0.4) is 0 Å². The molecular weight excluding hydrogens is 386 g/mol. The molecule has 1 amide bonds. The van der Waals surface area contributed by atoms with Crippen molar-refractivity contribution < 1.29 is 13.2 Å². The number of anilines is 2. The molecule has 2 rings (SSSR count). The highest BCUT2D eigenvalue weighted by Crippen LogP contribution is 2.23. The maximum atomic E-state index is 12.6. The summed E-state index contributed by atoms with van der Waals surface area (Å²) < 4.78 is 26.0. The number of nitrogens with zero attached hydrogens (tertiary/aromatic N) is 2. The monoisotopic (exact) mass is 417 g/mol. The fourth-order valence-electron chi connectivity index (χ4n) is 3.16. The highest BCUT2D eigenvalue weighted by atomic mass is 32.2. The normalized spacial score (nSPS) is 12.3. The lowest BCUT2D eigenvalue weighted by Crippen LogP contribution is -2.48. The van der Waals surface area contributed by atoms with E-state index in [1.165, 1.54) is 4.31 Å². The number of hydrogen-bond donors (Lipinski definition) is 1. The van der Waals surface area contributed by atoms with Crippen LogP contribution in [-0.2, 0) is 14.8 Å². The Kier molecular flexibility index (Phi) is 7.67. The number of nitrogens with one attached hydrogen (secondary N) is 1. The molecule has 0 aliphatic heterocycles. The molecule has 2 aromatic carbocycles. The van der Waals surface area contributed by atoms with Gasteiger partial charge in [-0.15, -0.1) is 0 Å². The zero-order valence-corrected chi connectivity index (χ0v) is 18.7. The number of rotatable bonds is 9. The quantitative estimate of drug-likeness (QED) is 0.637. The summed E-state index contributed by atoms with van der Waals surface area (Å²) in [6.45, 7) is 6.76. The van der Waals surface area contributed by atoms with Gasteiger partial charge in [-0.1, -0.05) is 24.3 Å². The fraction of sp³-hybridized carbons (Fsp3) is 0.409. The number of benzene rings is 2. The third-order valence-electron chi connectivity index (χ3n) is 5.00. The van der Waals surface area contributed by atoms with E-state index >= 15 is 0 Å². The van der Waals surface area contributed by atoms with Gasteiger partial charge in [0.1, 0.15) is 6.04 Å². The van der Waals surface area contributed by atoms with E-state index < -0.39 is 16.1 Å². The molecule has 1 N–H and O–H groups in total. The van der Waals surface area contributed by atoms with Crippen LogP contribution in [0.1, 0.15) is 24.5 Å². The predicted molar refractivity (Wildman–Crippen MR) is 120 cm³/mol. The van der Waals surface area contributed by atoms with Crippen LogP contribution in [0, 0.1) is 13.8 Å². The van der Waals surface area contributed by atoms with E-state index in [0.29, 0.717) is 12.2 Å². The largest absolute Gasteiger partial charge is 0.375 e. The molecule has 0 bridgehead atoms. The fourth-order valence-corrected chi connectivity index (χ4v) is 4.33. The Balaban J connectivity index is 1.98. The molecule has 158 valence electrons. The second-order valence-electron chi connectivity index (χ2n) is 7.41. The Morgan fingerprint density at radius 1 is 1.03 bits per heavy atom. The third-order valence-corrected chi connectivity index (χ3v) is 6.24. The molecule has 0 spiro atoms. The van der Waals surface area contributed by atoms with Crippen LogP contribution >= 0.6 is 0 Å². The number of sulfonamides is 1. The molecule has 0 radical (unpaired) electrons. The van der Waals surface area contributed by atoms with E-state index in [2.05, 4.69) is 10.2 Å². The highest BCUT2D eigenvalue weighted by molar-refractivity contribution is 7.92. The summed E-state index contributed by atoms with van der Waals surface area (Å²) in [5.74, 6) is -0.309. The van der Waals surface area contributed by atoms with Crippen LogP contribution in [0.15, 0.2) is 48.5 Å². The molecule has 2 aromatic rings. The van der Waals surface area contributed by atoms with Crippen molar-refractivity contribution in [3.63, 3.8) is 0 Å². The first-order valence-corrected chi connectivity index (χ1v) is 11.6. The summed E-state index contributed by atoms with van der Waals surface area (Å²) in [5, 5.41) is 2.87. The molecule has 0 aliphatic rings. The Morgan fingerprint density at radius 2 is 1.69 bits per heavy atom. The Labute approximate surface area is 174 Å². The number of carbonyl (C=O) groups excluding carboxylic acids is 1. The Bertz CT molecular complexity index is 930. The summed E-state index contributed by atoms with van der Waals surface area (Å²) in [4.78, 5) is 14.8. The van der Waals surface area contributed by atoms with Gasteiger partial charge in [-0.3, -0.25) is 9.10 Å². The van der Waals surface area contributed by atoms with Crippen LogP contribution < -0.4 is 14.5 Å². The van der Waals surface area contributed by atoms with Crippen LogP contribution in [0.5, 0.6) is 0 Å². The van der Waals surface area contributed by atoms with Crippen molar-refractivity contribution in [1.29, 1.82) is 0 Å². The van der Waals surface area contributed by atoms with Crippen molar-refractivity contribution in [2.24, 2.45) is 0 Å². The molecule has 0 fully saturated rings. The first-order valence-electron chi connectivity index (χ1n) is 9.72. The number of amides is 1. The maximum Gasteiger partial charge on any atom is 0.243 e. The summed E-state index contributed by atoms with van der Waals surface area (Å²) in [6.07, 6.45) is 1.88. The van der Waals surface area contributed by atoms with Gasteiger partial charge in [0, 0.05) is 25.8 Å². The van der Waals surface area contributed by atoms with Crippen LogP contribution in [0.4, 0.5) is 11.4 Å². The minimum absolute atomic E-state index is 0.309. The van der Waals surface area contributed by atoms with Gasteiger partial charge in [0.2, 0.25) is 15.9 Å². The molecule has 0 aliphatic carbocycles. The highest BCUT2D eigenvalue weighted by Gasteiger charge is 2.29. The summed E-state index contributed by atoms with van der Waals surface area (Å²) in [5.41, 5.74) is 3.67. The van der Waals surface area contributed by atoms with Crippen molar-refractivity contribution in [3.8, 4) is 0 Å². The molecule has 29 heavy (non-hydrogen) atoms. The topological polar surface area (TPSA) is 69.7 Å². The molecule has 6 nitrogen and oxygen atoms in total. The molecule has 0 unspecified atom stereocenters. The summed E-state index contributed by atoms with van der Waals surface area (Å²) in [7, 11) is -1.60. The molecule has 0 saturated carbocycles. The summed E-state index contributed by atoms with van der Waals surface area (Å²) in [6, 6.07) is 14.6. The van der Waals surface area contributed by atoms with E-state index in [1.54, 1.807) is 19.1 Å². The molecule has 0 saturated heterocycles. The molecular formula is C22H31N3O3S. The average molecular weight is 418 g/mol. The van der Waals surface area contributed by atoms with Crippen molar-refractivity contribution in [1.82, 2.24) is 5.32 Å². The SMILES string of the molecule is Cc1ccc(N([C@@H](C)C(=O)NCCCN(C)c2ccccc2)S(C)(=O)=O)cc1C. The lowest BCUT2D eigenvalue weighted by atomic mass is 10.1. The van der Waals surface area contributed by atoms with E-state index in [4.69, 9.17) is 0 Å². The molecule has 1 atom stereocenters. The van der Waals surface area contributed by atoms with Crippen LogP contribution in [0.25, 0.3) is 0 Å². The van der Waals surface area contributed by atoms with Crippen molar-refractivity contribution in [3.05, 3.63) is 59.7 Å². The smallest absolute Gasteiger partial charge is 0.243 e. The second-order valence-corrected chi connectivity index (χ2v) is 9.26. The number of para-hydroxylation sites is 1. The van der Waals surface area contributed by atoms with Gasteiger partial charge in [-0.2, -0.15) is 0 Å². The van der Waals surface area contributed by atoms with E-state index in [-0.39, 0.29) is 5.91 Å². The van der Waals surface area contributed by atoms with Gasteiger partial charge in [-0.25, -0.2) is 8.42 Å². The first kappa shape index (κ1) is 22.7. The lowest BCUT2D eigenvalue weighted by Gasteiger charge is -2.29. The summed E-state index contributed by atoms with van der Waals surface area (Å²) >= 11 is 0. The van der Waals surface area contributed by atoms with Gasteiger partial charge in [0.05, 0.1) is 11.9 Å². The maximum absolute atomic E-state index is 12.6. The average Bonchev–Trinajstić information content (AvgIpc) is 2.67. The number of aryl methyl sites for hydroxylation is 2. The van der Waals surface area contributed by atoms with E-state index in [0.717, 1.165) is 36.0 Å². The minimum Gasteiger partial charge on any atom is -0.375 e. The molecule has 0 aromatic heterocycles. The van der Waals surface area contributed by atoms with Gasteiger partial charge in [0.25, 0.3) is 0 Å². The van der Waals surface area contributed by atoms with Gasteiger partial charge >= 0.3 is 0 Å². The first-order chi connectivity index (χ1) is 13.6. The van der Waals surface area contributed by atoms with Crippen molar-refractivity contribution in [2.75, 3.05) is 35.6 Å². The van der Waals surface area contributed by atoms with Crippen molar-refractivity contribution in [2.45, 2.75) is 33.2 Å². The standard InChI is InChI=1S/C22H31N3O3S/c1-17-12-13-21(16-18(17)2)25(29(5,27)28)19(3)22(26)23-14-9-15-24(4)20-10-7-6-8-11-20/h6-8,10-13,16,19H,9,14-15H2,1-5H3,(H,23,26)/t19-/m0/s1. The van der Waals surface area contributed by atoms with Gasteiger partial charge in [-0.05, 0) is 62.6 Å². The van der Waals surface area contributed by atoms with Crippen molar-refractivity contribution >= 4 is 27.3 Å². The van der Waals surface area contributed by atoms with Crippen LogP contribution in [-0.4, -0.2) is 46.8 Å². The number of hydrogen-bond acceptors (Lipinski definition) is 4. The molecule has 7 heteroatoms. The predicted octanol–water partition coefficient (Wildman–Crippen LogP) is 3.10. The third kappa shape index (κ3) is 6.22. The van der Waals surface area contributed by atoms with E-state index in [1.807, 2.05) is 57.3 Å².